The molecule has 0 aliphatic carbocycles. The maximum Gasteiger partial charge on any atom is 0.279 e. The zero-order valence-corrected chi connectivity index (χ0v) is 11.5. The van der Waals surface area contributed by atoms with Crippen molar-refractivity contribution in [3.8, 4) is 0 Å². The third kappa shape index (κ3) is 3.72. The fraction of sp³-hybridized carbons (Fsp3) is 0.500. The van der Waals surface area contributed by atoms with Crippen LogP contribution in [0.15, 0.2) is 18.2 Å². The number of quaternary nitrogens is 1. The summed E-state index contributed by atoms with van der Waals surface area (Å²) in [6, 6.07) is 5.53. The lowest BCUT2D eigenvalue weighted by molar-refractivity contribution is -0.896. The number of likely N-dealkylation sites (tertiary alicyclic amines) is 1. The summed E-state index contributed by atoms with van der Waals surface area (Å²) in [5.41, 5.74) is 1.87. The summed E-state index contributed by atoms with van der Waals surface area (Å²) in [5.74, 6) is 0.0947. The van der Waals surface area contributed by atoms with E-state index in [0.29, 0.717) is 11.6 Å². The van der Waals surface area contributed by atoms with Gasteiger partial charge in [-0.05, 0) is 49.9 Å². The molecule has 3 nitrogen and oxygen atoms in total. The molecule has 1 aliphatic rings. The van der Waals surface area contributed by atoms with Crippen molar-refractivity contribution in [3.05, 3.63) is 28.8 Å². The molecule has 1 aromatic carbocycles. The lowest BCUT2D eigenvalue weighted by atomic mass is 10.1. The van der Waals surface area contributed by atoms with Gasteiger partial charge in [0.25, 0.3) is 5.91 Å². The second-order valence-corrected chi connectivity index (χ2v) is 5.43. The molecule has 2 rings (SSSR count). The van der Waals surface area contributed by atoms with Crippen LogP contribution in [0.5, 0.6) is 0 Å². The Kier molecular flexibility index (Phi) is 4.61. The third-order valence-corrected chi connectivity index (χ3v) is 3.67. The Morgan fingerprint density at radius 1 is 1.33 bits per heavy atom. The highest BCUT2D eigenvalue weighted by atomic mass is 35.5. The predicted molar refractivity (Wildman–Crippen MR) is 74.2 cm³/mol. The molecule has 0 unspecified atom stereocenters. The summed E-state index contributed by atoms with van der Waals surface area (Å²) in [5, 5.41) is 3.67. The van der Waals surface area contributed by atoms with Gasteiger partial charge in [-0.15, -0.1) is 0 Å². The number of carbonyl (C=O) groups is 1. The Morgan fingerprint density at radius 2 is 2.06 bits per heavy atom. The van der Waals surface area contributed by atoms with Gasteiger partial charge in [0.2, 0.25) is 0 Å². The van der Waals surface area contributed by atoms with E-state index in [4.69, 9.17) is 11.6 Å². The lowest BCUT2D eigenvalue weighted by Gasteiger charge is -2.23. The van der Waals surface area contributed by atoms with Gasteiger partial charge in [-0.2, -0.15) is 0 Å². The molecule has 4 heteroatoms. The topological polar surface area (TPSA) is 33.5 Å². The van der Waals surface area contributed by atoms with E-state index < -0.39 is 0 Å². The average Bonchev–Trinajstić information content (AvgIpc) is 2.34. The van der Waals surface area contributed by atoms with E-state index in [9.17, 15) is 4.79 Å². The molecule has 1 aliphatic heterocycles. The Bertz CT molecular complexity index is 428. The highest BCUT2D eigenvalue weighted by Crippen LogP contribution is 2.19. The monoisotopic (exact) mass is 267 g/mol. The van der Waals surface area contributed by atoms with Gasteiger partial charge in [0.1, 0.15) is 0 Å². The summed E-state index contributed by atoms with van der Waals surface area (Å²) in [7, 11) is 0. The van der Waals surface area contributed by atoms with Crippen molar-refractivity contribution in [2.75, 3.05) is 25.0 Å². The van der Waals surface area contributed by atoms with E-state index in [1.54, 1.807) is 6.07 Å². The van der Waals surface area contributed by atoms with Crippen LogP contribution in [-0.2, 0) is 4.79 Å². The smallest absolute Gasteiger partial charge is 0.279 e. The van der Waals surface area contributed by atoms with Gasteiger partial charge >= 0.3 is 0 Å². The number of halogens is 1. The van der Waals surface area contributed by atoms with E-state index in [2.05, 4.69) is 5.32 Å². The highest BCUT2D eigenvalue weighted by Gasteiger charge is 2.17. The number of benzene rings is 1. The molecule has 0 spiro atoms. The number of hydrogen-bond acceptors (Lipinski definition) is 1. The maximum atomic E-state index is 12.0. The van der Waals surface area contributed by atoms with Gasteiger partial charge in [0.15, 0.2) is 6.54 Å². The van der Waals surface area contributed by atoms with Crippen molar-refractivity contribution in [1.29, 1.82) is 0 Å². The normalized spacial score (nSPS) is 16.6. The zero-order chi connectivity index (χ0) is 13.0. The molecule has 2 N–H and O–H groups in total. The molecule has 1 amide bonds. The van der Waals surface area contributed by atoms with Gasteiger partial charge < -0.3 is 10.2 Å². The standard InChI is InChI=1S/C14H19ClN2O/c1-11-9-12(15)5-6-13(11)16-14(18)10-17-7-3-2-4-8-17/h5-6,9H,2-4,7-8,10H2,1H3,(H,16,18)/p+1. The maximum absolute atomic E-state index is 12.0. The Labute approximate surface area is 113 Å². The number of hydrogen-bond donors (Lipinski definition) is 2. The van der Waals surface area contributed by atoms with Crippen LogP contribution in [0.3, 0.4) is 0 Å². The first-order chi connectivity index (χ1) is 8.65. The fourth-order valence-electron chi connectivity index (χ4n) is 2.42. The van der Waals surface area contributed by atoms with E-state index in [1.807, 2.05) is 19.1 Å². The van der Waals surface area contributed by atoms with Gasteiger partial charge in [-0.3, -0.25) is 4.79 Å². The molecule has 0 saturated carbocycles. The second kappa shape index (κ2) is 6.21. The Hall–Kier alpha value is -1.06. The van der Waals surface area contributed by atoms with Gasteiger partial charge in [-0.1, -0.05) is 11.6 Å². The molecule has 0 aromatic heterocycles. The van der Waals surface area contributed by atoms with Crippen LogP contribution in [0, 0.1) is 6.92 Å². The van der Waals surface area contributed by atoms with Crippen molar-refractivity contribution in [1.82, 2.24) is 0 Å². The van der Waals surface area contributed by atoms with Crippen molar-refractivity contribution in [2.45, 2.75) is 26.2 Å². The number of amides is 1. The van der Waals surface area contributed by atoms with Gasteiger partial charge in [0.05, 0.1) is 13.1 Å². The minimum Gasteiger partial charge on any atom is -0.327 e. The molecule has 0 bridgehead atoms. The van der Waals surface area contributed by atoms with E-state index >= 15 is 0 Å². The zero-order valence-electron chi connectivity index (χ0n) is 10.8. The highest BCUT2D eigenvalue weighted by molar-refractivity contribution is 6.30. The molecule has 98 valence electrons. The number of anilines is 1. The molecule has 1 heterocycles. The van der Waals surface area contributed by atoms with Crippen molar-refractivity contribution >= 4 is 23.2 Å². The third-order valence-electron chi connectivity index (χ3n) is 3.43. The summed E-state index contributed by atoms with van der Waals surface area (Å²) < 4.78 is 0. The quantitative estimate of drug-likeness (QED) is 0.858. The number of carbonyl (C=O) groups excluding carboxylic acids is 1. The van der Waals surface area contributed by atoms with Crippen LogP contribution in [0.25, 0.3) is 0 Å². The van der Waals surface area contributed by atoms with E-state index in [-0.39, 0.29) is 5.91 Å². The summed E-state index contributed by atoms with van der Waals surface area (Å²) in [6.45, 7) is 4.76. The molecule has 1 saturated heterocycles. The minimum absolute atomic E-state index is 0.0947. The van der Waals surface area contributed by atoms with Crippen LogP contribution >= 0.6 is 11.6 Å². The summed E-state index contributed by atoms with van der Waals surface area (Å²) >= 11 is 5.89. The van der Waals surface area contributed by atoms with Crippen molar-refractivity contribution < 1.29 is 9.69 Å². The van der Waals surface area contributed by atoms with Crippen LogP contribution in [0.2, 0.25) is 5.02 Å². The molecule has 1 fully saturated rings. The number of piperidine rings is 1. The van der Waals surface area contributed by atoms with E-state index in [1.165, 1.54) is 24.2 Å². The van der Waals surface area contributed by atoms with Crippen LogP contribution in [0.4, 0.5) is 5.69 Å². The first-order valence-electron chi connectivity index (χ1n) is 6.55. The largest absolute Gasteiger partial charge is 0.327 e. The summed E-state index contributed by atoms with van der Waals surface area (Å²) in [6.07, 6.45) is 3.78. The SMILES string of the molecule is Cc1cc(Cl)ccc1NC(=O)C[NH+]1CCCCC1. The average molecular weight is 268 g/mol. The van der Waals surface area contributed by atoms with Crippen molar-refractivity contribution in [2.24, 2.45) is 0 Å². The van der Waals surface area contributed by atoms with Crippen LogP contribution in [-0.4, -0.2) is 25.5 Å². The second-order valence-electron chi connectivity index (χ2n) is 4.99. The molecule has 1 aromatic rings. The van der Waals surface area contributed by atoms with Crippen LogP contribution in [0.1, 0.15) is 24.8 Å². The number of rotatable bonds is 3. The van der Waals surface area contributed by atoms with Crippen LogP contribution < -0.4 is 10.2 Å². The predicted octanol–water partition coefficient (Wildman–Crippen LogP) is 1.66. The molecule has 0 atom stereocenters. The number of aryl methyl sites for hydroxylation is 1. The first-order valence-corrected chi connectivity index (χ1v) is 6.92. The molecular formula is C14H20ClN2O+. The van der Waals surface area contributed by atoms with Crippen molar-refractivity contribution in [3.63, 3.8) is 0 Å². The van der Waals surface area contributed by atoms with E-state index in [0.717, 1.165) is 24.3 Å². The van der Waals surface area contributed by atoms with Gasteiger partial charge in [0, 0.05) is 10.7 Å². The first kappa shape index (κ1) is 13.4. The lowest BCUT2D eigenvalue weighted by Crippen LogP contribution is -3.13. The Morgan fingerprint density at radius 3 is 2.72 bits per heavy atom. The fourth-order valence-corrected chi connectivity index (χ4v) is 2.64. The molecule has 0 radical (unpaired) electrons. The molecular weight excluding hydrogens is 248 g/mol. The molecule has 18 heavy (non-hydrogen) atoms. The Balaban J connectivity index is 1.90. The number of nitrogens with one attached hydrogen (secondary N) is 2. The van der Waals surface area contributed by atoms with Gasteiger partial charge in [-0.25, -0.2) is 0 Å². The minimum atomic E-state index is 0.0947. The summed E-state index contributed by atoms with van der Waals surface area (Å²) in [4.78, 5) is 13.3.